The molecule has 1 rings (SSSR count). The summed E-state index contributed by atoms with van der Waals surface area (Å²) in [6.45, 7) is 3.16. The van der Waals surface area contributed by atoms with E-state index < -0.39 is 10.7 Å². The molecule has 0 saturated heterocycles. The molecule has 18 heavy (non-hydrogen) atoms. The van der Waals surface area contributed by atoms with Crippen LogP contribution in [0.15, 0.2) is 18.2 Å². The first-order valence-corrected chi connectivity index (χ1v) is 5.49. The molecule has 0 radical (unpaired) electrons. The van der Waals surface area contributed by atoms with E-state index in [0.717, 1.165) is 18.7 Å². The highest BCUT2D eigenvalue weighted by Gasteiger charge is 2.12. The maximum absolute atomic E-state index is 13.4. The molecular weight excluding hydrogens is 241 g/mol. The van der Waals surface area contributed by atoms with E-state index in [-0.39, 0.29) is 23.7 Å². The van der Waals surface area contributed by atoms with Gasteiger partial charge in [0.25, 0.3) is 5.69 Å². The Labute approximate surface area is 103 Å². The fraction of sp³-hybridized carbons (Fsp3) is 0.364. The topological polar surface area (TPSA) is 84.3 Å². The number of carbonyl (C=O) groups excluding carboxylic acids is 1. The number of nitrogens with zero attached hydrogens (tertiary/aromatic N) is 1. The summed E-state index contributed by atoms with van der Waals surface area (Å²) >= 11 is 0. The van der Waals surface area contributed by atoms with Gasteiger partial charge in [-0.2, -0.15) is 0 Å². The number of hydrogen-bond donors (Lipinski definition) is 2. The first-order valence-electron chi connectivity index (χ1n) is 5.49. The Hall–Kier alpha value is -2.02. The lowest BCUT2D eigenvalue weighted by atomic mass is 10.2. The quantitative estimate of drug-likeness (QED) is 0.460. The predicted octanol–water partition coefficient (Wildman–Crippen LogP) is 1.67. The van der Waals surface area contributed by atoms with Crippen molar-refractivity contribution < 1.29 is 14.1 Å². The number of hydrogen-bond acceptors (Lipinski definition) is 4. The van der Waals surface area contributed by atoms with E-state index in [1.165, 1.54) is 6.07 Å². The summed E-state index contributed by atoms with van der Waals surface area (Å²) in [5.74, 6) is -1.16. The highest BCUT2D eigenvalue weighted by molar-refractivity contribution is 5.91. The van der Waals surface area contributed by atoms with E-state index in [9.17, 15) is 19.3 Å². The summed E-state index contributed by atoms with van der Waals surface area (Å²) in [6.07, 6.45) is 0.213. The zero-order valence-corrected chi connectivity index (χ0v) is 9.90. The molecule has 0 atom stereocenters. The van der Waals surface area contributed by atoms with Crippen LogP contribution >= 0.6 is 0 Å². The van der Waals surface area contributed by atoms with E-state index in [1.807, 2.05) is 6.92 Å². The molecule has 0 aliphatic carbocycles. The van der Waals surface area contributed by atoms with Gasteiger partial charge in [0, 0.05) is 19.0 Å². The molecule has 98 valence electrons. The third kappa shape index (κ3) is 4.10. The molecule has 2 N–H and O–H groups in total. The molecule has 0 spiro atoms. The first kappa shape index (κ1) is 14.0. The van der Waals surface area contributed by atoms with Crippen molar-refractivity contribution in [2.75, 3.05) is 18.4 Å². The van der Waals surface area contributed by atoms with Gasteiger partial charge < -0.3 is 10.6 Å². The van der Waals surface area contributed by atoms with Gasteiger partial charge in [-0.05, 0) is 12.6 Å². The van der Waals surface area contributed by atoms with Crippen LogP contribution in [0.25, 0.3) is 0 Å². The van der Waals surface area contributed by atoms with Crippen molar-refractivity contribution in [3.8, 4) is 0 Å². The van der Waals surface area contributed by atoms with Gasteiger partial charge in [-0.1, -0.05) is 6.92 Å². The number of nitro benzene ring substituents is 1. The third-order valence-corrected chi connectivity index (χ3v) is 2.22. The number of carbonyl (C=O) groups is 1. The minimum absolute atomic E-state index is 0.0536. The van der Waals surface area contributed by atoms with E-state index in [4.69, 9.17) is 0 Å². The third-order valence-electron chi connectivity index (χ3n) is 2.22. The number of rotatable bonds is 6. The summed E-state index contributed by atoms with van der Waals surface area (Å²) in [7, 11) is 0. The van der Waals surface area contributed by atoms with Gasteiger partial charge in [-0.3, -0.25) is 14.9 Å². The minimum atomic E-state index is -0.819. The molecular formula is C11H14FN3O3. The summed E-state index contributed by atoms with van der Waals surface area (Å²) < 4.78 is 13.4. The average molecular weight is 255 g/mol. The summed E-state index contributed by atoms with van der Waals surface area (Å²) in [5, 5.41) is 15.7. The van der Waals surface area contributed by atoms with Crippen LogP contribution in [-0.4, -0.2) is 23.9 Å². The Kier molecular flexibility index (Phi) is 5.19. The lowest BCUT2D eigenvalue weighted by molar-refractivity contribution is -0.385. The number of non-ortho nitro benzene ring substituents is 1. The molecule has 0 saturated carbocycles. The molecule has 1 aromatic rings. The maximum atomic E-state index is 13.4. The second kappa shape index (κ2) is 6.65. The van der Waals surface area contributed by atoms with Gasteiger partial charge in [-0.15, -0.1) is 0 Å². The van der Waals surface area contributed by atoms with Gasteiger partial charge in [0.15, 0.2) is 5.82 Å². The predicted molar refractivity (Wildman–Crippen MR) is 64.8 cm³/mol. The maximum Gasteiger partial charge on any atom is 0.272 e. The lowest BCUT2D eigenvalue weighted by Crippen LogP contribution is -2.21. The van der Waals surface area contributed by atoms with Crippen molar-refractivity contribution in [1.82, 2.24) is 5.32 Å². The Morgan fingerprint density at radius 2 is 2.22 bits per heavy atom. The summed E-state index contributed by atoms with van der Waals surface area (Å²) in [5.41, 5.74) is -0.403. The largest absolute Gasteiger partial charge is 0.324 e. The zero-order chi connectivity index (χ0) is 13.5. The highest BCUT2D eigenvalue weighted by Crippen LogP contribution is 2.20. The van der Waals surface area contributed by atoms with Crippen molar-refractivity contribution in [3.05, 3.63) is 34.1 Å². The van der Waals surface area contributed by atoms with Crippen LogP contribution in [0.2, 0.25) is 0 Å². The van der Waals surface area contributed by atoms with Crippen LogP contribution in [0.3, 0.4) is 0 Å². The van der Waals surface area contributed by atoms with Crippen LogP contribution in [-0.2, 0) is 4.79 Å². The SMILES string of the molecule is CCNCCC(=O)Nc1ccc([N+](=O)[O-])cc1F. The molecule has 6 nitrogen and oxygen atoms in total. The number of nitrogens with one attached hydrogen (secondary N) is 2. The van der Waals surface area contributed by atoms with Gasteiger partial charge >= 0.3 is 0 Å². The van der Waals surface area contributed by atoms with Gasteiger partial charge in [0.1, 0.15) is 0 Å². The minimum Gasteiger partial charge on any atom is -0.324 e. The Morgan fingerprint density at radius 1 is 1.50 bits per heavy atom. The highest BCUT2D eigenvalue weighted by atomic mass is 19.1. The van der Waals surface area contributed by atoms with Gasteiger partial charge in [0.2, 0.25) is 5.91 Å². The Bertz CT molecular complexity index is 451. The standard InChI is InChI=1S/C11H14FN3O3/c1-2-13-6-5-11(16)14-10-4-3-8(15(17)18)7-9(10)12/h3-4,7,13H,2,5-6H2,1H3,(H,14,16). The first-order chi connectivity index (χ1) is 8.54. The van der Waals surface area contributed by atoms with Crippen molar-refractivity contribution in [1.29, 1.82) is 0 Å². The monoisotopic (exact) mass is 255 g/mol. The van der Waals surface area contributed by atoms with Crippen LogP contribution in [0.1, 0.15) is 13.3 Å². The fourth-order valence-electron chi connectivity index (χ4n) is 1.31. The Balaban J connectivity index is 2.62. The second-order valence-electron chi connectivity index (χ2n) is 3.57. The van der Waals surface area contributed by atoms with Crippen molar-refractivity contribution in [2.45, 2.75) is 13.3 Å². The van der Waals surface area contributed by atoms with E-state index in [0.29, 0.717) is 6.54 Å². The molecule has 0 unspecified atom stereocenters. The van der Waals surface area contributed by atoms with E-state index >= 15 is 0 Å². The molecule has 0 aliphatic rings. The second-order valence-corrected chi connectivity index (χ2v) is 3.57. The van der Waals surface area contributed by atoms with Gasteiger partial charge in [0.05, 0.1) is 16.7 Å². The smallest absolute Gasteiger partial charge is 0.272 e. The number of anilines is 1. The molecule has 1 amide bonds. The number of benzene rings is 1. The van der Waals surface area contributed by atoms with Crippen LogP contribution < -0.4 is 10.6 Å². The molecule has 0 bridgehead atoms. The zero-order valence-electron chi connectivity index (χ0n) is 9.90. The molecule has 1 aromatic carbocycles. The molecule has 0 heterocycles. The number of nitro groups is 1. The van der Waals surface area contributed by atoms with Crippen LogP contribution in [0, 0.1) is 15.9 Å². The van der Waals surface area contributed by atoms with Gasteiger partial charge in [-0.25, -0.2) is 4.39 Å². The Morgan fingerprint density at radius 3 is 2.78 bits per heavy atom. The van der Waals surface area contributed by atoms with E-state index in [2.05, 4.69) is 10.6 Å². The number of amides is 1. The number of halogens is 1. The lowest BCUT2D eigenvalue weighted by Gasteiger charge is -2.06. The van der Waals surface area contributed by atoms with Crippen molar-refractivity contribution in [3.63, 3.8) is 0 Å². The molecule has 0 aromatic heterocycles. The summed E-state index contributed by atoms with van der Waals surface area (Å²) in [6, 6.07) is 3.10. The van der Waals surface area contributed by atoms with Crippen molar-refractivity contribution >= 4 is 17.3 Å². The van der Waals surface area contributed by atoms with Crippen LogP contribution in [0.4, 0.5) is 15.8 Å². The summed E-state index contributed by atoms with van der Waals surface area (Å²) in [4.78, 5) is 21.1. The average Bonchev–Trinajstić information content (AvgIpc) is 2.32. The van der Waals surface area contributed by atoms with Crippen LogP contribution in [0.5, 0.6) is 0 Å². The fourth-order valence-corrected chi connectivity index (χ4v) is 1.31. The molecule has 7 heteroatoms. The van der Waals surface area contributed by atoms with Crippen molar-refractivity contribution in [2.24, 2.45) is 0 Å². The normalized spacial score (nSPS) is 10.1. The molecule has 0 aliphatic heterocycles. The van der Waals surface area contributed by atoms with E-state index in [1.54, 1.807) is 0 Å². The molecule has 0 fully saturated rings.